The minimum Gasteiger partial charge on any atom is -0.493 e. The van der Waals surface area contributed by atoms with Gasteiger partial charge in [0.25, 0.3) is 0 Å². The summed E-state index contributed by atoms with van der Waals surface area (Å²) < 4.78 is 7.67. The van der Waals surface area contributed by atoms with Crippen LogP contribution in [0, 0.1) is 0 Å². The van der Waals surface area contributed by atoms with Crippen LogP contribution in [-0.4, -0.2) is 17.1 Å². The maximum absolute atomic E-state index is 12.3. The van der Waals surface area contributed by atoms with Gasteiger partial charge in [-0.15, -0.1) is 0 Å². The topological polar surface area (TPSA) is 43.3 Å². The first kappa shape index (κ1) is 13.7. The Hall–Kier alpha value is -2.23. The molecular formula is C17H20N2O2. The van der Waals surface area contributed by atoms with Crippen LogP contribution >= 0.6 is 0 Å². The van der Waals surface area contributed by atoms with Crippen molar-refractivity contribution in [1.82, 2.24) is 9.88 Å². The lowest BCUT2D eigenvalue weighted by molar-refractivity contribution is -0.122. The lowest BCUT2D eigenvalue weighted by Gasteiger charge is -2.27. The number of rotatable bonds is 4. The van der Waals surface area contributed by atoms with E-state index in [1.165, 1.54) is 0 Å². The third kappa shape index (κ3) is 3.10. The van der Waals surface area contributed by atoms with Crippen LogP contribution in [-0.2, 0) is 4.79 Å². The number of nitrogens with one attached hydrogen (secondary N) is 1. The maximum Gasteiger partial charge on any atom is 0.222 e. The average Bonchev–Trinajstić information content (AvgIpc) is 3.02. The lowest BCUT2D eigenvalue weighted by Crippen LogP contribution is -2.33. The minimum atomic E-state index is 0.0549. The summed E-state index contributed by atoms with van der Waals surface area (Å²) in [7, 11) is 0. The summed E-state index contributed by atoms with van der Waals surface area (Å²) in [4.78, 5) is 12.3. The first-order valence-corrected chi connectivity index (χ1v) is 7.37. The van der Waals surface area contributed by atoms with Gasteiger partial charge in [0.2, 0.25) is 5.91 Å². The molecule has 4 heteroatoms. The monoisotopic (exact) mass is 284 g/mol. The molecule has 2 atom stereocenters. The fourth-order valence-corrected chi connectivity index (χ4v) is 2.76. The summed E-state index contributed by atoms with van der Waals surface area (Å²) >= 11 is 0. The second-order valence-electron chi connectivity index (χ2n) is 5.48. The second-order valence-corrected chi connectivity index (χ2v) is 5.48. The highest BCUT2D eigenvalue weighted by Crippen LogP contribution is 2.31. The number of ether oxygens (including phenoxy) is 1. The van der Waals surface area contributed by atoms with Gasteiger partial charge >= 0.3 is 0 Å². The molecule has 1 aromatic heterocycles. The van der Waals surface area contributed by atoms with Crippen molar-refractivity contribution in [3.63, 3.8) is 0 Å². The zero-order chi connectivity index (χ0) is 14.7. The molecule has 21 heavy (non-hydrogen) atoms. The molecule has 3 rings (SSSR count). The third-order valence-electron chi connectivity index (χ3n) is 3.91. The fourth-order valence-electron chi connectivity index (χ4n) is 2.76. The van der Waals surface area contributed by atoms with Crippen molar-refractivity contribution >= 4 is 5.91 Å². The summed E-state index contributed by atoms with van der Waals surface area (Å²) in [6, 6.07) is 12.1. The standard InChI is InChI=1S/C17H20N2O2/c1-13(19-9-4-5-10-19)12-17(20)18-15-8-11-21-16-7-3-2-6-14(15)16/h2-7,9-10,13,15H,8,11-12H2,1H3,(H,18,20)/t13-,15+/m0/s1. The molecular weight excluding hydrogens is 264 g/mol. The second kappa shape index (κ2) is 6.04. The van der Waals surface area contributed by atoms with Crippen molar-refractivity contribution in [1.29, 1.82) is 0 Å². The number of hydrogen-bond donors (Lipinski definition) is 1. The Morgan fingerprint density at radius 2 is 2.10 bits per heavy atom. The zero-order valence-electron chi connectivity index (χ0n) is 12.2. The predicted molar refractivity (Wildman–Crippen MR) is 81.2 cm³/mol. The van der Waals surface area contributed by atoms with Gasteiger partial charge in [-0.3, -0.25) is 4.79 Å². The smallest absolute Gasteiger partial charge is 0.222 e. The van der Waals surface area contributed by atoms with Gasteiger partial charge in [0.1, 0.15) is 5.75 Å². The molecule has 1 aliphatic rings. The van der Waals surface area contributed by atoms with Crippen LogP contribution in [0.25, 0.3) is 0 Å². The van der Waals surface area contributed by atoms with E-state index in [9.17, 15) is 4.79 Å². The molecule has 0 fully saturated rings. The third-order valence-corrected chi connectivity index (χ3v) is 3.91. The number of hydrogen-bond acceptors (Lipinski definition) is 2. The number of para-hydroxylation sites is 1. The van der Waals surface area contributed by atoms with Crippen molar-refractivity contribution in [2.75, 3.05) is 6.61 Å². The van der Waals surface area contributed by atoms with E-state index in [0.29, 0.717) is 13.0 Å². The van der Waals surface area contributed by atoms with Crippen molar-refractivity contribution in [3.05, 3.63) is 54.4 Å². The molecule has 1 aromatic carbocycles. The number of benzene rings is 1. The van der Waals surface area contributed by atoms with Crippen LogP contribution in [0.15, 0.2) is 48.8 Å². The molecule has 0 bridgehead atoms. The highest BCUT2D eigenvalue weighted by molar-refractivity contribution is 5.77. The Morgan fingerprint density at radius 1 is 1.33 bits per heavy atom. The molecule has 4 nitrogen and oxygen atoms in total. The van der Waals surface area contributed by atoms with Crippen LogP contribution < -0.4 is 10.1 Å². The van der Waals surface area contributed by atoms with Crippen LogP contribution in [0.2, 0.25) is 0 Å². The van der Waals surface area contributed by atoms with E-state index in [4.69, 9.17) is 4.74 Å². The van der Waals surface area contributed by atoms with E-state index in [0.717, 1.165) is 17.7 Å². The van der Waals surface area contributed by atoms with E-state index in [1.54, 1.807) is 0 Å². The van der Waals surface area contributed by atoms with Crippen molar-refractivity contribution in [2.24, 2.45) is 0 Å². The number of carbonyl (C=O) groups is 1. The molecule has 0 saturated heterocycles. The lowest BCUT2D eigenvalue weighted by atomic mass is 10.0. The molecule has 2 aromatic rings. The van der Waals surface area contributed by atoms with Crippen molar-refractivity contribution in [3.8, 4) is 5.75 Å². The van der Waals surface area contributed by atoms with E-state index < -0.39 is 0 Å². The van der Waals surface area contributed by atoms with E-state index >= 15 is 0 Å². The van der Waals surface area contributed by atoms with E-state index in [2.05, 4.69) is 16.8 Å². The summed E-state index contributed by atoms with van der Waals surface area (Å²) in [5, 5.41) is 3.14. The van der Waals surface area contributed by atoms with E-state index in [1.807, 2.05) is 48.8 Å². The summed E-state index contributed by atoms with van der Waals surface area (Å²) in [5.41, 5.74) is 1.07. The van der Waals surface area contributed by atoms with Gasteiger partial charge in [-0.1, -0.05) is 18.2 Å². The summed E-state index contributed by atoms with van der Waals surface area (Å²) in [5.74, 6) is 0.963. The summed E-state index contributed by atoms with van der Waals surface area (Å²) in [6.45, 7) is 2.70. The largest absolute Gasteiger partial charge is 0.493 e. The number of fused-ring (bicyclic) bond motifs is 1. The molecule has 0 saturated carbocycles. The van der Waals surface area contributed by atoms with Crippen LogP contribution in [0.1, 0.15) is 37.4 Å². The van der Waals surface area contributed by atoms with Crippen LogP contribution in [0.5, 0.6) is 5.75 Å². The van der Waals surface area contributed by atoms with Gasteiger partial charge in [-0.2, -0.15) is 0 Å². The minimum absolute atomic E-state index is 0.0549. The Kier molecular flexibility index (Phi) is 3.95. The Bertz CT molecular complexity index is 607. The number of nitrogens with zero attached hydrogens (tertiary/aromatic N) is 1. The molecule has 2 heterocycles. The molecule has 0 unspecified atom stereocenters. The Morgan fingerprint density at radius 3 is 2.90 bits per heavy atom. The van der Waals surface area contributed by atoms with Gasteiger partial charge in [-0.25, -0.2) is 0 Å². The molecule has 0 radical (unpaired) electrons. The van der Waals surface area contributed by atoms with Crippen LogP contribution in [0.4, 0.5) is 0 Å². The first-order chi connectivity index (χ1) is 10.2. The molecule has 110 valence electrons. The fraction of sp³-hybridized carbons (Fsp3) is 0.353. The maximum atomic E-state index is 12.3. The highest BCUT2D eigenvalue weighted by Gasteiger charge is 2.23. The number of aromatic nitrogens is 1. The Balaban J connectivity index is 1.63. The Labute approximate surface area is 124 Å². The molecule has 1 N–H and O–H groups in total. The number of amides is 1. The summed E-state index contributed by atoms with van der Waals surface area (Å²) in [6.07, 6.45) is 5.28. The van der Waals surface area contributed by atoms with Gasteiger partial charge in [0.15, 0.2) is 0 Å². The van der Waals surface area contributed by atoms with Gasteiger partial charge in [-0.05, 0) is 25.1 Å². The predicted octanol–water partition coefficient (Wildman–Crippen LogP) is 3.08. The average molecular weight is 284 g/mol. The van der Waals surface area contributed by atoms with Crippen molar-refractivity contribution in [2.45, 2.75) is 31.8 Å². The zero-order valence-corrected chi connectivity index (χ0v) is 12.2. The SMILES string of the molecule is C[C@@H](CC(=O)N[C@@H]1CCOc2ccccc21)n1cccc1. The highest BCUT2D eigenvalue weighted by atomic mass is 16.5. The molecule has 1 amide bonds. The quantitative estimate of drug-likeness (QED) is 0.937. The molecule has 0 spiro atoms. The normalized spacial score (nSPS) is 18.4. The van der Waals surface area contributed by atoms with E-state index in [-0.39, 0.29) is 18.0 Å². The van der Waals surface area contributed by atoms with Crippen LogP contribution in [0.3, 0.4) is 0 Å². The van der Waals surface area contributed by atoms with Gasteiger partial charge in [0.05, 0.1) is 12.6 Å². The molecule has 1 aliphatic heterocycles. The van der Waals surface area contributed by atoms with Gasteiger partial charge < -0.3 is 14.6 Å². The number of carbonyl (C=O) groups excluding carboxylic acids is 1. The van der Waals surface area contributed by atoms with Gasteiger partial charge in [0, 0.05) is 36.8 Å². The van der Waals surface area contributed by atoms with Crippen molar-refractivity contribution < 1.29 is 9.53 Å². The molecule has 0 aliphatic carbocycles. The first-order valence-electron chi connectivity index (χ1n) is 7.37.